The van der Waals surface area contributed by atoms with Crippen LogP contribution in [0, 0.1) is 0 Å². The number of rotatable bonds is 4. The summed E-state index contributed by atoms with van der Waals surface area (Å²) in [6.07, 6.45) is 1.54. The minimum absolute atomic E-state index is 0.207. The predicted molar refractivity (Wildman–Crippen MR) is 70.7 cm³/mol. The molecule has 0 aliphatic carbocycles. The summed E-state index contributed by atoms with van der Waals surface area (Å²) < 4.78 is 0.858. The maximum absolute atomic E-state index is 11.7. The molecule has 0 bridgehead atoms. The van der Waals surface area contributed by atoms with Crippen molar-refractivity contribution in [2.75, 3.05) is 5.32 Å². The first-order chi connectivity index (χ1) is 7.54. The van der Waals surface area contributed by atoms with Gasteiger partial charge in [0.2, 0.25) is 5.91 Å². The first-order valence-corrected chi connectivity index (χ1v) is 6.23. The van der Waals surface area contributed by atoms with Gasteiger partial charge in [-0.3, -0.25) is 4.79 Å². The standard InChI is InChI=1S/C11H14BrClN2O/c1-2-3-9(14)11(16)15-10-6-7(12)4-5-8(10)13/h4-6,9H,2-3,14H2,1H3,(H,15,16)/t9-/m1/s1. The lowest BCUT2D eigenvalue weighted by atomic mass is 10.1. The lowest BCUT2D eigenvalue weighted by molar-refractivity contribution is -0.117. The molecule has 88 valence electrons. The molecule has 0 aromatic heterocycles. The third-order valence-electron chi connectivity index (χ3n) is 2.12. The molecule has 16 heavy (non-hydrogen) atoms. The molecule has 0 radical (unpaired) electrons. The van der Waals surface area contributed by atoms with Crippen LogP contribution in [0.3, 0.4) is 0 Å². The quantitative estimate of drug-likeness (QED) is 0.897. The van der Waals surface area contributed by atoms with Crippen LogP contribution in [0.4, 0.5) is 5.69 Å². The van der Waals surface area contributed by atoms with E-state index in [9.17, 15) is 4.79 Å². The van der Waals surface area contributed by atoms with Gasteiger partial charge in [0, 0.05) is 4.47 Å². The minimum atomic E-state index is -0.486. The van der Waals surface area contributed by atoms with Crippen molar-refractivity contribution in [2.24, 2.45) is 5.73 Å². The summed E-state index contributed by atoms with van der Waals surface area (Å²) in [6.45, 7) is 1.99. The molecule has 0 fully saturated rings. The molecular formula is C11H14BrClN2O. The van der Waals surface area contributed by atoms with Crippen LogP contribution >= 0.6 is 27.5 Å². The summed E-state index contributed by atoms with van der Waals surface area (Å²) in [4.78, 5) is 11.7. The Kier molecular flexibility index (Phi) is 5.25. The Morgan fingerprint density at radius 3 is 2.94 bits per heavy atom. The number of hydrogen-bond donors (Lipinski definition) is 2. The molecular weight excluding hydrogens is 291 g/mol. The van der Waals surface area contributed by atoms with Gasteiger partial charge in [0.1, 0.15) is 0 Å². The van der Waals surface area contributed by atoms with E-state index in [-0.39, 0.29) is 5.91 Å². The topological polar surface area (TPSA) is 55.1 Å². The van der Waals surface area contributed by atoms with Gasteiger partial charge >= 0.3 is 0 Å². The van der Waals surface area contributed by atoms with Crippen LogP contribution < -0.4 is 11.1 Å². The van der Waals surface area contributed by atoms with Crippen LogP contribution in [-0.4, -0.2) is 11.9 Å². The Morgan fingerprint density at radius 1 is 1.62 bits per heavy atom. The predicted octanol–water partition coefficient (Wildman–Crippen LogP) is 3.17. The average molecular weight is 306 g/mol. The van der Waals surface area contributed by atoms with E-state index < -0.39 is 6.04 Å². The molecule has 0 aliphatic rings. The van der Waals surface area contributed by atoms with Gasteiger partial charge in [-0.2, -0.15) is 0 Å². The van der Waals surface area contributed by atoms with E-state index in [0.29, 0.717) is 17.1 Å². The Morgan fingerprint density at radius 2 is 2.31 bits per heavy atom. The summed E-state index contributed by atoms with van der Waals surface area (Å²) in [7, 11) is 0. The second-order valence-corrected chi connectivity index (χ2v) is 4.83. The molecule has 1 atom stereocenters. The highest BCUT2D eigenvalue weighted by Gasteiger charge is 2.13. The zero-order valence-electron chi connectivity index (χ0n) is 8.97. The fraction of sp³-hybridized carbons (Fsp3) is 0.364. The van der Waals surface area contributed by atoms with Gasteiger partial charge in [0.15, 0.2) is 0 Å². The van der Waals surface area contributed by atoms with Gasteiger partial charge in [-0.15, -0.1) is 0 Å². The smallest absolute Gasteiger partial charge is 0.241 e. The van der Waals surface area contributed by atoms with Gasteiger partial charge in [0.25, 0.3) is 0 Å². The van der Waals surface area contributed by atoms with E-state index in [1.807, 2.05) is 13.0 Å². The molecule has 0 unspecified atom stereocenters. The van der Waals surface area contributed by atoms with E-state index in [1.54, 1.807) is 12.1 Å². The number of halogens is 2. The van der Waals surface area contributed by atoms with E-state index in [2.05, 4.69) is 21.2 Å². The molecule has 0 heterocycles. The van der Waals surface area contributed by atoms with Crippen molar-refractivity contribution in [3.63, 3.8) is 0 Å². The molecule has 1 amide bonds. The number of hydrogen-bond acceptors (Lipinski definition) is 2. The first kappa shape index (κ1) is 13.5. The largest absolute Gasteiger partial charge is 0.323 e. The van der Waals surface area contributed by atoms with Crippen LogP contribution in [0.25, 0.3) is 0 Å². The normalized spacial score (nSPS) is 12.2. The third-order valence-corrected chi connectivity index (χ3v) is 2.95. The molecule has 3 N–H and O–H groups in total. The zero-order chi connectivity index (χ0) is 12.1. The molecule has 1 aromatic carbocycles. The summed E-state index contributed by atoms with van der Waals surface area (Å²) in [5.41, 5.74) is 6.27. The average Bonchev–Trinajstić information content (AvgIpc) is 2.23. The Bertz CT molecular complexity index is 384. The van der Waals surface area contributed by atoms with Crippen LogP contribution in [0.1, 0.15) is 19.8 Å². The second kappa shape index (κ2) is 6.23. The SMILES string of the molecule is CCC[C@@H](N)C(=O)Nc1cc(Br)ccc1Cl. The molecule has 0 saturated carbocycles. The van der Waals surface area contributed by atoms with Crippen LogP contribution in [0.2, 0.25) is 5.02 Å². The van der Waals surface area contributed by atoms with E-state index in [1.165, 1.54) is 0 Å². The Labute approximate surface area is 108 Å². The number of benzene rings is 1. The van der Waals surface area contributed by atoms with Crippen molar-refractivity contribution < 1.29 is 4.79 Å². The number of nitrogens with one attached hydrogen (secondary N) is 1. The van der Waals surface area contributed by atoms with Crippen molar-refractivity contribution in [1.29, 1.82) is 0 Å². The molecule has 1 aromatic rings. The summed E-state index contributed by atoms with van der Waals surface area (Å²) in [5, 5.41) is 3.21. The number of anilines is 1. The molecule has 0 aliphatic heterocycles. The van der Waals surface area contributed by atoms with Crippen molar-refractivity contribution in [1.82, 2.24) is 0 Å². The molecule has 0 saturated heterocycles. The maximum atomic E-state index is 11.7. The number of amides is 1. The molecule has 3 nitrogen and oxygen atoms in total. The summed E-state index contributed by atoms with van der Waals surface area (Å²) in [6, 6.07) is 4.79. The van der Waals surface area contributed by atoms with Crippen molar-refractivity contribution >= 4 is 39.1 Å². The fourth-order valence-corrected chi connectivity index (χ4v) is 1.79. The van der Waals surface area contributed by atoms with E-state index in [0.717, 1.165) is 10.9 Å². The van der Waals surface area contributed by atoms with E-state index in [4.69, 9.17) is 17.3 Å². The minimum Gasteiger partial charge on any atom is -0.323 e. The van der Waals surface area contributed by atoms with Gasteiger partial charge in [0.05, 0.1) is 16.8 Å². The third kappa shape index (κ3) is 3.77. The van der Waals surface area contributed by atoms with Crippen LogP contribution in [0.5, 0.6) is 0 Å². The number of carbonyl (C=O) groups is 1. The Balaban J connectivity index is 2.72. The highest BCUT2D eigenvalue weighted by molar-refractivity contribution is 9.10. The van der Waals surface area contributed by atoms with Crippen molar-refractivity contribution in [3.8, 4) is 0 Å². The zero-order valence-corrected chi connectivity index (χ0v) is 11.3. The highest BCUT2D eigenvalue weighted by Crippen LogP contribution is 2.25. The maximum Gasteiger partial charge on any atom is 0.241 e. The van der Waals surface area contributed by atoms with Crippen LogP contribution in [-0.2, 0) is 4.79 Å². The second-order valence-electron chi connectivity index (χ2n) is 3.51. The molecule has 1 rings (SSSR count). The van der Waals surface area contributed by atoms with Gasteiger partial charge in [-0.1, -0.05) is 40.9 Å². The summed E-state index contributed by atoms with van der Waals surface area (Å²) >= 11 is 9.26. The van der Waals surface area contributed by atoms with Crippen molar-refractivity contribution in [2.45, 2.75) is 25.8 Å². The first-order valence-electron chi connectivity index (χ1n) is 5.06. The van der Waals surface area contributed by atoms with Crippen molar-refractivity contribution in [3.05, 3.63) is 27.7 Å². The molecule has 0 spiro atoms. The number of carbonyl (C=O) groups excluding carboxylic acids is 1. The van der Waals surface area contributed by atoms with Crippen LogP contribution in [0.15, 0.2) is 22.7 Å². The lowest BCUT2D eigenvalue weighted by Gasteiger charge is -2.12. The van der Waals surface area contributed by atoms with Gasteiger partial charge < -0.3 is 11.1 Å². The monoisotopic (exact) mass is 304 g/mol. The Hall–Kier alpha value is -0.580. The van der Waals surface area contributed by atoms with Gasteiger partial charge in [-0.05, 0) is 24.6 Å². The highest BCUT2D eigenvalue weighted by atomic mass is 79.9. The summed E-state index contributed by atoms with van der Waals surface area (Å²) in [5.74, 6) is -0.207. The lowest BCUT2D eigenvalue weighted by Crippen LogP contribution is -2.35. The van der Waals surface area contributed by atoms with Gasteiger partial charge in [-0.25, -0.2) is 0 Å². The van der Waals surface area contributed by atoms with E-state index >= 15 is 0 Å². The number of nitrogens with two attached hydrogens (primary N) is 1. The molecule has 5 heteroatoms. The fourth-order valence-electron chi connectivity index (χ4n) is 1.26.